The number of amides is 3. The zero-order valence-corrected chi connectivity index (χ0v) is 19.4. The van der Waals surface area contributed by atoms with Gasteiger partial charge in [0.05, 0.1) is 30.1 Å². The van der Waals surface area contributed by atoms with Crippen LogP contribution in [0.4, 0.5) is 5.69 Å². The van der Waals surface area contributed by atoms with Crippen molar-refractivity contribution in [3.8, 4) is 0 Å². The molecule has 0 saturated carbocycles. The smallest absolute Gasteiger partial charge is 0.250 e. The summed E-state index contributed by atoms with van der Waals surface area (Å²) in [4.78, 5) is 41.9. The molecule has 1 spiro atoms. The molecule has 6 atom stereocenters. The lowest BCUT2D eigenvalue weighted by Crippen LogP contribution is -2.56. The van der Waals surface area contributed by atoms with Crippen molar-refractivity contribution in [3.05, 3.63) is 29.3 Å². The number of nitrogens with zero attached hydrogens (tertiary/aromatic N) is 1. The number of rotatable bonds is 6. The maximum absolute atomic E-state index is 13.8. The molecule has 4 rings (SSSR count). The number of aliphatic hydroxyl groups is 1. The molecule has 0 aromatic heterocycles. The molecule has 1 aromatic rings. The lowest BCUT2D eigenvalue weighted by molar-refractivity contribution is -0.148. The molecule has 8 nitrogen and oxygen atoms in total. The molecule has 3 aliphatic heterocycles. The van der Waals surface area contributed by atoms with E-state index in [4.69, 9.17) is 4.74 Å². The Hall–Kier alpha value is -2.45. The molecule has 2 bridgehead atoms. The summed E-state index contributed by atoms with van der Waals surface area (Å²) in [6.07, 6.45) is 1.71. The quantitative estimate of drug-likeness (QED) is 0.618. The third kappa shape index (κ3) is 2.99. The number of carbonyl (C=O) groups is 3. The van der Waals surface area contributed by atoms with E-state index >= 15 is 0 Å². The molecule has 3 heterocycles. The first-order chi connectivity index (χ1) is 15.2. The van der Waals surface area contributed by atoms with Crippen LogP contribution >= 0.6 is 0 Å². The van der Waals surface area contributed by atoms with E-state index in [1.807, 2.05) is 39.0 Å². The molecular weight excluding hydrogens is 410 g/mol. The standard InChI is InChI=1S/C24H33N3O5/c1-6-23-9-10-24(32-23)18(17(23)20(29)25-5)22(31)27(15(4)12-28)19(24)21(30)26-16-11-13(2)7-8-14(16)3/h7-8,11,15,17-19,28H,6,9-10,12H2,1-5H3,(H,25,29)(H,26,30)/t15-,17+,18+,19?,23-,24?/m1/s1. The molecule has 0 aliphatic carbocycles. The van der Waals surface area contributed by atoms with Crippen molar-refractivity contribution in [2.75, 3.05) is 19.0 Å². The van der Waals surface area contributed by atoms with Crippen LogP contribution in [0.1, 0.15) is 44.2 Å². The van der Waals surface area contributed by atoms with Crippen LogP contribution in [0.2, 0.25) is 0 Å². The van der Waals surface area contributed by atoms with Crippen LogP contribution in [-0.2, 0) is 19.1 Å². The molecule has 1 aromatic carbocycles. The number of aryl methyl sites for hydroxylation is 2. The summed E-state index contributed by atoms with van der Waals surface area (Å²) in [5.41, 5.74) is 0.753. The predicted octanol–water partition coefficient (Wildman–Crippen LogP) is 1.52. The van der Waals surface area contributed by atoms with Crippen molar-refractivity contribution in [2.24, 2.45) is 11.8 Å². The van der Waals surface area contributed by atoms with Crippen LogP contribution < -0.4 is 10.6 Å². The van der Waals surface area contributed by atoms with Crippen LogP contribution in [0.3, 0.4) is 0 Å². The number of nitrogens with one attached hydrogen (secondary N) is 2. The Labute approximate surface area is 188 Å². The highest BCUT2D eigenvalue weighted by molar-refractivity contribution is 6.04. The highest BCUT2D eigenvalue weighted by Gasteiger charge is 2.78. The summed E-state index contributed by atoms with van der Waals surface area (Å²) in [6.45, 7) is 7.24. The van der Waals surface area contributed by atoms with E-state index in [0.29, 0.717) is 24.9 Å². The van der Waals surface area contributed by atoms with Crippen molar-refractivity contribution in [3.63, 3.8) is 0 Å². The molecule has 8 heteroatoms. The number of anilines is 1. The Morgan fingerprint density at radius 1 is 1.28 bits per heavy atom. The van der Waals surface area contributed by atoms with Gasteiger partial charge in [-0.2, -0.15) is 0 Å². The predicted molar refractivity (Wildman–Crippen MR) is 119 cm³/mol. The fraction of sp³-hybridized carbons (Fsp3) is 0.625. The van der Waals surface area contributed by atoms with Crippen molar-refractivity contribution in [1.29, 1.82) is 0 Å². The SMILES string of the molecule is CC[C@]12CCC3(O1)C(C(=O)Nc1cc(C)ccc1C)N([C@H](C)CO)C(=O)[C@@H]3[C@H]2C(=O)NC. The summed E-state index contributed by atoms with van der Waals surface area (Å²) in [5, 5.41) is 15.6. The normalized spacial score (nSPS) is 33.9. The monoisotopic (exact) mass is 443 g/mol. The molecule has 3 saturated heterocycles. The molecular formula is C24H33N3O5. The van der Waals surface area contributed by atoms with Crippen LogP contribution in [0.5, 0.6) is 0 Å². The number of aliphatic hydroxyl groups excluding tert-OH is 1. The third-order valence-corrected chi connectivity index (χ3v) is 7.79. The Kier molecular flexibility index (Phi) is 5.57. The minimum absolute atomic E-state index is 0.237. The van der Waals surface area contributed by atoms with Gasteiger partial charge < -0.3 is 25.4 Å². The zero-order valence-electron chi connectivity index (χ0n) is 19.4. The van der Waals surface area contributed by atoms with E-state index < -0.39 is 35.1 Å². The fourth-order valence-electron chi connectivity index (χ4n) is 6.14. The lowest BCUT2D eigenvalue weighted by atomic mass is 9.65. The van der Waals surface area contributed by atoms with Gasteiger partial charge in [-0.15, -0.1) is 0 Å². The van der Waals surface area contributed by atoms with Gasteiger partial charge in [0.25, 0.3) is 0 Å². The highest BCUT2D eigenvalue weighted by atomic mass is 16.5. The number of hydrogen-bond acceptors (Lipinski definition) is 5. The molecule has 32 heavy (non-hydrogen) atoms. The first-order valence-corrected chi connectivity index (χ1v) is 11.4. The van der Waals surface area contributed by atoms with Crippen LogP contribution in [0.25, 0.3) is 0 Å². The number of ether oxygens (including phenoxy) is 1. The van der Waals surface area contributed by atoms with Crippen molar-refractivity contribution in [2.45, 2.75) is 70.2 Å². The second kappa shape index (κ2) is 7.85. The summed E-state index contributed by atoms with van der Waals surface area (Å²) in [5.74, 6) is -2.29. The van der Waals surface area contributed by atoms with E-state index in [9.17, 15) is 19.5 Å². The topological polar surface area (TPSA) is 108 Å². The maximum atomic E-state index is 13.8. The van der Waals surface area contributed by atoms with E-state index in [1.165, 1.54) is 4.90 Å². The molecule has 0 radical (unpaired) electrons. The zero-order chi connectivity index (χ0) is 23.4. The van der Waals surface area contributed by atoms with Gasteiger partial charge in [0, 0.05) is 12.7 Å². The third-order valence-electron chi connectivity index (χ3n) is 7.79. The lowest BCUT2D eigenvalue weighted by Gasteiger charge is -2.36. The Morgan fingerprint density at radius 2 is 2.00 bits per heavy atom. The van der Waals surface area contributed by atoms with Crippen LogP contribution in [0.15, 0.2) is 18.2 Å². The molecule has 3 amide bonds. The van der Waals surface area contributed by atoms with E-state index in [1.54, 1.807) is 14.0 Å². The summed E-state index contributed by atoms with van der Waals surface area (Å²) in [7, 11) is 1.56. The molecule has 3 fully saturated rings. The number of likely N-dealkylation sites (tertiary alicyclic amines) is 1. The van der Waals surface area contributed by atoms with Gasteiger partial charge in [0.1, 0.15) is 11.6 Å². The second-order valence-corrected chi connectivity index (χ2v) is 9.53. The van der Waals surface area contributed by atoms with Crippen molar-refractivity contribution < 1.29 is 24.2 Å². The molecule has 2 unspecified atom stereocenters. The van der Waals surface area contributed by atoms with Gasteiger partial charge in [-0.05, 0) is 57.2 Å². The summed E-state index contributed by atoms with van der Waals surface area (Å²) < 4.78 is 6.61. The largest absolute Gasteiger partial charge is 0.394 e. The maximum Gasteiger partial charge on any atom is 0.250 e. The number of carbonyl (C=O) groups excluding carboxylic acids is 3. The van der Waals surface area contributed by atoms with Gasteiger partial charge in [-0.1, -0.05) is 19.1 Å². The second-order valence-electron chi connectivity index (χ2n) is 9.53. The fourth-order valence-corrected chi connectivity index (χ4v) is 6.14. The Balaban J connectivity index is 1.79. The highest BCUT2D eigenvalue weighted by Crippen LogP contribution is 2.64. The molecule has 3 aliphatic rings. The van der Waals surface area contributed by atoms with Gasteiger partial charge >= 0.3 is 0 Å². The minimum atomic E-state index is -1.09. The van der Waals surface area contributed by atoms with Gasteiger partial charge in [-0.3, -0.25) is 14.4 Å². The van der Waals surface area contributed by atoms with Crippen LogP contribution in [-0.4, -0.2) is 64.7 Å². The summed E-state index contributed by atoms with van der Waals surface area (Å²) >= 11 is 0. The first-order valence-electron chi connectivity index (χ1n) is 11.4. The first kappa shape index (κ1) is 22.7. The van der Waals surface area contributed by atoms with Gasteiger partial charge in [0.15, 0.2) is 0 Å². The number of fused-ring (bicyclic) bond motifs is 1. The number of benzene rings is 1. The van der Waals surface area contributed by atoms with E-state index in [2.05, 4.69) is 10.6 Å². The van der Waals surface area contributed by atoms with Crippen LogP contribution in [0, 0.1) is 25.7 Å². The summed E-state index contributed by atoms with van der Waals surface area (Å²) in [6, 6.07) is 4.30. The van der Waals surface area contributed by atoms with Gasteiger partial charge in [-0.25, -0.2) is 0 Å². The van der Waals surface area contributed by atoms with Gasteiger partial charge in [0.2, 0.25) is 17.7 Å². The number of hydrogen-bond donors (Lipinski definition) is 3. The Bertz CT molecular complexity index is 965. The average molecular weight is 444 g/mol. The molecule has 174 valence electrons. The van der Waals surface area contributed by atoms with E-state index in [-0.39, 0.29) is 24.3 Å². The molecule has 3 N–H and O–H groups in total. The Morgan fingerprint density at radius 3 is 2.62 bits per heavy atom. The minimum Gasteiger partial charge on any atom is -0.394 e. The van der Waals surface area contributed by atoms with Crippen molar-refractivity contribution >= 4 is 23.4 Å². The average Bonchev–Trinajstić information content (AvgIpc) is 3.38. The van der Waals surface area contributed by atoms with Crippen molar-refractivity contribution in [1.82, 2.24) is 10.2 Å². The van der Waals surface area contributed by atoms with E-state index in [0.717, 1.165) is 11.1 Å².